The van der Waals surface area contributed by atoms with Gasteiger partial charge in [0.25, 0.3) is 0 Å². The third-order valence-corrected chi connectivity index (χ3v) is 4.67. The first kappa shape index (κ1) is 19.0. The molecule has 0 spiro atoms. The molecule has 1 saturated carbocycles. The number of amides is 2. The Kier molecular flexibility index (Phi) is 6.89. The van der Waals surface area contributed by atoms with Crippen molar-refractivity contribution in [2.45, 2.75) is 57.2 Å². The van der Waals surface area contributed by atoms with Crippen molar-refractivity contribution in [3.05, 3.63) is 0 Å². The van der Waals surface area contributed by atoms with Crippen molar-refractivity contribution in [3.63, 3.8) is 0 Å². The van der Waals surface area contributed by atoms with E-state index in [9.17, 15) is 22.8 Å². The van der Waals surface area contributed by atoms with Gasteiger partial charge >= 0.3 is 6.18 Å². The molecule has 1 heterocycles. The second kappa shape index (κ2) is 8.69. The zero-order chi connectivity index (χ0) is 17.6. The van der Waals surface area contributed by atoms with Gasteiger partial charge in [-0.15, -0.1) is 0 Å². The summed E-state index contributed by atoms with van der Waals surface area (Å²) in [6.45, 7) is -0.359. The van der Waals surface area contributed by atoms with E-state index in [1.54, 1.807) is 0 Å². The van der Waals surface area contributed by atoms with Crippen LogP contribution in [0, 0.1) is 5.92 Å². The molecule has 5 nitrogen and oxygen atoms in total. The van der Waals surface area contributed by atoms with Crippen molar-refractivity contribution in [3.8, 4) is 0 Å². The summed E-state index contributed by atoms with van der Waals surface area (Å²) in [5.74, 6) is -1.63. The van der Waals surface area contributed by atoms with E-state index in [0.717, 1.165) is 12.8 Å². The third kappa shape index (κ3) is 6.30. The summed E-state index contributed by atoms with van der Waals surface area (Å²) in [6.07, 6.45) is 2.74. The van der Waals surface area contributed by atoms with Crippen molar-refractivity contribution in [2.75, 3.05) is 26.2 Å². The molecule has 1 atom stereocenters. The fraction of sp³-hybridized carbons (Fsp3) is 0.875. The van der Waals surface area contributed by atoms with Crippen LogP contribution in [0.1, 0.15) is 44.9 Å². The second-order valence-electron chi connectivity index (χ2n) is 6.72. The molecule has 1 saturated heterocycles. The van der Waals surface area contributed by atoms with Crippen LogP contribution in [0.4, 0.5) is 13.2 Å². The lowest BCUT2D eigenvalue weighted by molar-refractivity contribution is -0.157. The minimum absolute atomic E-state index is 0.141. The molecule has 2 rings (SSSR count). The highest BCUT2D eigenvalue weighted by atomic mass is 19.4. The normalized spacial score (nSPS) is 23.4. The lowest BCUT2D eigenvalue weighted by Gasteiger charge is -2.19. The lowest BCUT2D eigenvalue weighted by atomic mass is 10.1. The van der Waals surface area contributed by atoms with Crippen molar-refractivity contribution in [2.24, 2.45) is 5.92 Å². The molecule has 138 valence electrons. The maximum absolute atomic E-state index is 12.4. The van der Waals surface area contributed by atoms with E-state index in [2.05, 4.69) is 10.6 Å². The van der Waals surface area contributed by atoms with Gasteiger partial charge in [0.1, 0.15) is 6.54 Å². The predicted molar refractivity (Wildman–Crippen MR) is 83.2 cm³/mol. The Morgan fingerprint density at radius 1 is 1.12 bits per heavy atom. The van der Waals surface area contributed by atoms with Crippen LogP contribution in [0.2, 0.25) is 0 Å². The summed E-state index contributed by atoms with van der Waals surface area (Å²) in [4.78, 5) is 24.3. The Morgan fingerprint density at radius 3 is 2.42 bits per heavy atom. The highest BCUT2D eigenvalue weighted by molar-refractivity contribution is 5.89. The van der Waals surface area contributed by atoms with E-state index >= 15 is 0 Å². The molecule has 24 heavy (non-hydrogen) atoms. The molecule has 2 amide bonds. The summed E-state index contributed by atoms with van der Waals surface area (Å²) in [6, 6.07) is 0.486. The molecule has 1 unspecified atom stereocenters. The third-order valence-electron chi connectivity index (χ3n) is 4.67. The molecule has 1 aliphatic heterocycles. The number of nitrogens with zero attached hydrogens (tertiary/aromatic N) is 1. The summed E-state index contributed by atoms with van der Waals surface area (Å²) < 4.78 is 37.1. The van der Waals surface area contributed by atoms with Gasteiger partial charge in [0.15, 0.2) is 0 Å². The highest BCUT2D eigenvalue weighted by Crippen LogP contribution is 2.23. The van der Waals surface area contributed by atoms with Crippen LogP contribution in [-0.4, -0.2) is 55.1 Å². The molecule has 0 aromatic carbocycles. The minimum atomic E-state index is -4.43. The van der Waals surface area contributed by atoms with Crippen molar-refractivity contribution >= 4 is 11.8 Å². The van der Waals surface area contributed by atoms with Crippen molar-refractivity contribution in [1.29, 1.82) is 0 Å². The lowest BCUT2D eigenvalue weighted by Crippen LogP contribution is -2.40. The van der Waals surface area contributed by atoms with E-state index in [0.29, 0.717) is 24.0 Å². The van der Waals surface area contributed by atoms with Gasteiger partial charge < -0.3 is 15.5 Å². The summed E-state index contributed by atoms with van der Waals surface area (Å²) in [7, 11) is 0. The molecule has 2 N–H and O–H groups in total. The van der Waals surface area contributed by atoms with Gasteiger partial charge in [-0.05, 0) is 12.8 Å². The Hall–Kier alpha value is -1.31. The van der Waals surface area contributed by atoms with Crippen LogP contribution in [0.25, 0.3) is 0 Å². The van der Waals surface area contributed by atoms with E-state index in [1.807, 2.05) is 0 Å². The molecule has 0 aromatic rings. The van der Waals surface area contributed by atoms with Gasteiger partial charge in [-0.1, -0.05) is 25.7 Å². The van der Waals surface area contributed by atoms with Crippen molar-refractivity contribution in [1.82, 2.24) is 15.5 Å². The fourth-order valence-corrected chi connectivity index (χ4v) is 3.41. The largest absolute Gasteiger partial charge is 0.406 e. The van der Waals surface area contributed by atoms with Gasteiger partial charge in [0.2, 0.25) is 11.8 Å². The number of rotatable bonds is 6. The number of hydrogen-bond donors (Lipinski definition) is 2. The second-order valence-corrected chi connectivity index (χ2v) is 6.72. The van der Waals surface area contributed by atoms with Crippen LogP contribution < -0.4 is 10.6 Å². The number of carbonyl (C=O) groups is 2. The minimum Gasteiger partial charge on any atom is -0.355 e. The molecule has 0 radical (unpaired) electrons. The zero-order valence-corrected chi connectivity index (χ0v) is 13.8. The maximum atomic E-state index is 12.4. The molecule has 2 aliphatic rings. The summed E-state index contributed by atoms with van der Waals surface area (Å²) in [5.41, 5.74) is 0. The fourth-order valence-electron chi connectivity index (χ4n) is 3.41. The summed E-state index contributed by atoms with van der Waals surface area (Å²) in [5, 5.41) is 6.14. The zero-order valence-electron chi connectivity index (χ0n) is 13.8. The Bertz CT molecular complexity index is 435. The number of alkyl halides is 3. The highest BCUT2D eigenvalue weighted by Gasteiger charge is 2.40. The average Bonchev–Trinajstić information content (AvgIpc) is 2.72. The smallest absolute Gasteiger partial charge is 0.355 e. The monoisotopic (exact) mass is 349 g/mol. The van der Waals surface area contributed by atoms with Gasteiger partial charge in [-0.25, -0.2) is 0 Å². The quantitative estimate of drug-likeness (QED) is 0.568. The SMILES string of the molecule is O=C(NCCNC1CCCCCC1)C1CC(=O)N(CC(F)(F)F)C1. The van der Waals surface area contributed by atoms with E-state index in [4.69, 9.17) is 0 Å². The van der Waals surface area contributed by atoms with Crippen LogP contribution in [0.5, 0.6) is 0 Å². The van der Waals surface area contributed by atoms with Gasteiger partial charge in [-0.3, -0.25) is 9.59 Å². The van der Waals surface area contributed by atoms with E-state index in [-0.39, 0.29) is 18.9 Å². The standard InChI is InChI=1S/C16H26F3N3O2/c17-16(18,19)11-22-10-12(9-14(22)23)15(24)21-8-7-20-13-5-3-1-2-4-6-13/h12-13,20H,1-11H2,(H,21,24). The van der Waals surface area contributed by atoms with Crippen LogP contribution in [0.3, 0.4) is 0 Å². The topological polar surface area (TPSA) is 61.4 Å². The average molecular weight is 349 g/mol. The Labute approximate surface area is 140 Å². The van der Waals surface area contributed by atoms with Crippen LogP contribution in [0.15, 0.2) is 0 Å². The number of halogens is 3. The molecule has 1 aliphatic carbocycles. The number of carbonyl (C=O) groups excluding carboxylic acids is 2. The van der Waals surface area contributed by atoms with E-state index in [1.165, 1.54) is 25.7 Å². The van der Waals surface area contributed by atoms with E-state index < -0.39 is 24.5 Å². The first-order valence-corrected chi connectivity index (χ1v) is 8.71. The molecule has 2 fully saturated rings. The van der Waals surface area contributed by atoms with Crippen LogP contribution >= 0.6 is 0 Å². The Morgan fingerprint density at radius 2 is 1.79 bits per heavy atom. The van der Waals surface area contributed by atoms with Gasteiger partial charge in [0.05, 0.1) is 5.92 Å². The number of likely N-dealkylation sites (tertiary alicyclic amines) is 1. The Balaban J connectivity index is 1.65. The van der Waals surface area contributed by atoms with Crippen molar-refractivity contribution < 1.29 is 22.8 Å². The molecule has 0 bridgehead atoms. The molecular weight excluding hydrogens is 323 g/mol. The number of nitrogens with one attached hydrogen (secondary N) is 2. The first-order chi connectivity index (χ1) is 11.3. The molecular formula is C16H26F3N3O2. The molecule has 0 aromatic heterocycles. The summed E-state index contributed by atoms with van der Waals surface area (Å²) >= 11 is 0. The predicted octanol–water partition coefficient (Wildman–Crippen LogP) is 1.83. The first-order valence-electron chi connectivity index (χ1n) is 8.71. The van der Waals surface area contributed by atoms with Crippen LogP contribution in [-0.2, 0) is 9.59 Å². The maximum Gasteiger partial charge on any atom is 0.406 e. The van der Waals surface area contributed by atoms with Gasteiger partial charge in [0, 0.05) is 32.1 Å². The molecule has 8 heteroatoms. The van der Waals surface area contributed by atoms with Gasteiger partial charge in [-0.2, -0.15) is 13.2 Å². The number of hydrogen-bond acceptors (Lipinski definition) is 3.